The Hall–Kier alpha value is -1.85. The SMILES string of the molecule is CC(C)n1ccnc(NCCC(N)=O)c1=O. The zero-order valence-corrected chi connectivity index (χ0v) is 9.43. The van der Waals surface area contributed by atoms with E-state index in [9.17, 15) is 9.59 Å². The van der Waals surface area contributed by atoms with Crippen LogP contribution in [-0.2, 0) is 4.79 Å². The Morgan fingerprint density at radius 2 is 2.31 bits per heavy atom. The highest BCUT2D eigenvalue weighted by Gasteiger charge is 2.06. The summed E-state index contributed by atoms with van der Waals surface area (Å²) in [6.07, 6.45) is 3.36. The van der Waals surface area contributed by atoms with E-state index in [0.29, 0.717) is 6.54 Å². The third-order valence-electron chi connectivity index (χ3n) is 2.09. The summed E-state index contributed by atoms with van der Waals surface area (Å²) in [7, 11) is 0. The lowest BCUT2D eigenvalue weighted by atomic mass is 10.3. The minimum absolute atomic E-state index is 0.0761. The Bertz CT molecular complexity index is 425. The van der Waals surface area contributed by atoms with Crippen LogP contribution in [0.5, 0.6) is 0 Å². The highest BCUT2D eigenvalue weighted by atomic mass is 16.1. The summed E-state index contributed by atoms with van der Waals surface area (Å²) >= 11 is 0. The van der Waals surface area contributed by atoms with E-state index in [1.54, 1.807) is 17.0 Å². The van der Waals surface area contributed by atoms with Crippen LogP contribution in [0.2, 0.25) is 0 Å². The molecule has 1 rings (SSSR count). The molecule has 0 saturated carbocycles. The standard InChI is InChI=1S/C10H16N4O2/c1-7(2)14-6-5-13-9(10(14)16)12-4-3-8(11)15/h5-7H,3-4H2,1-2H3,(H2,11,15)(H,12,13). The van der Waals surface area contributed by atoms with Crippen molar-refractivity contribution in [3.63, 3.8) is 0 Å². The number of hydrogen-bond acceptors (Lipinski definition) is 4. The zero-order valence-electron chi connectivity index (χ0n) is 9.43. The van der Waals surface area contributed by atoms with Crippen LogP contribution in [0, 0.1) is 0 Å². The third-order valence-corrected chi connectivity index (χ3v) is 2.09. The van der Waals surface area contributed by atoms with Gasteiger partial charge in [-0.2, -0.15) is 0 Å². The van der Waals surface area contributed by atoms with Crippen LogP contribution < -0.4 is 16.6 Å². The van der Waals surface area contributed by atoms with Gasteiger partial charge in [-0.3, -0.25) is 9.59 Å². The molecule has 0 fully saturated rings. The lowest BCUT2D eigenvalue weighted by molar-refractivity contribution is -0.117. The van der Waals surface area contributed by atoms with Gasteiger partial charge in [0.1, 0.15) is 0 Å². The van der Waals surface area contributed by atoms with Crippen molar-refractivity contribution in [2.24, 2.45) is 5.73 Å². The minimum Gasteiger partial charge on any atom is -0.370 e. The van der Waals surface area contributed by atoms with Gasteiger partial charge in [0, 0.05) is 31.4 Å². The summed E-state index contributed by atoms with van der Waals surface area (Å²) in [5.41, 5.74) is 4.80. The molecule has 16 heavy (non-hydrogen) atoms. The quantitative estimate of drug-likeness (QED) is 0.742. The van der Waals surface area contributed by atoms with Crippen molar-refractivity contribution < 1.29 is 4.79 Å². The Balaban J connectivity index is 2.78. The first-order valence-corrected chi connectivity index (χ1v) is 5.11. The number of amides is 1. The molecule has 0 atom stereocenters. The van der Waals surface area contributed by atoms with Gasteiger partial charge in [0.2, 0.25) is 5.91 Å². The first-order chi connectivity index (χ1) is 7.52. The van der Waals surface area contributed by atoms with E-state index in [4.69, 9.17) is 5.73 Å². The number of aromatic nitrogens is 2. The summed E-state index contributed by atoms with van der Waals surface area (Å²) in [5.74, 6) is -0.162. The van der Waals surface area contributed by atoms with Crippen LogP contribution in [-0.4, -0.2) is 22.0 Å². The van der Waals surface area contributed by atoms with Gasteiger partial charge in [0.15, 0.2) is 5.82 Å². The normalized spacial score (nSPS) is 10.4. The molecule has 1 aromatic heterocycles. The van der Waals surface area contributed by atoms with Crippen molar-refractivity contribution in [2.75, 3.05) is 11.9 Å². The van der Waals surface area contributed by atoms with Gasteiger partial charge >= 0.3 is 0 Å². The second kappa shape index (κ2) is 5.29. The second-order valence-corrected chi connectivity index (χ2v) is 3.73. The number of nitrogens with two attached hydrogens (primary N) is 1. The predicted molar refractivity (Wildman–Crippen MR) is 61.2 cm³/mol. The Morgan fingerprint density at radius 1 is 1.62 bits per heavy atom. The summed E-state index contributed by atoms with van der Waals surface area (Å²) in [6, 6.07) is 0.0761. The van der Waals surface area contributed by atoms with E-state index in [2.05, 4.69) is 10.3 Å². The molecule has 0 aromatic carbocycles. The third kappa shape index (κ3) is 3.08. The smallest absolute Gasteiger partial charge is 0.293 e. The first-order valence-electron chi connectivity index (χ1n) is 5.11. The fraction of sp³-hybridized carbons (Fsp3) is 0.500. The average molecular weight is 224 g/mol. The van der Waals surface area contributed by atoms with Crippen LogP contribution >= 0.6 is 0 Å². The maximum Gasteiger partial charge on any atom is 0.293 e. The molecule has 0 bridgehead atoms. The molecule has 6 nitrogen and oxygen atoms in total. The summed E-state index contributed by atoms with van der Waals surface area (Å²) in [6.45, 7) is 4.14. The number of nitrogens with zero attached hydrogens (tertiary/aromatic N) is 2. The molecule has 1 heterocycles. The van der Waals surface area contributed by atoms with Gasteiger partial charge in [0.05, 0.1) is 0 Å². The fourth-order valence-corrected chi connectivity index (χ4v) is 1.26. The first kappa shape index (κ1) is 12.2. The van der Waals surface area contributed by atoms with Crippen molar-refractivity contribution in [1.29, 1.82) is 0 Å². The van der Waals surface area contributed by atoms with Gasteiger partial charge in [-0.15, -0.1) is 0 Å². The molecule has 1 aromatic rings. The molecule has 0 aliphatic rings. The Kier molecular flexibility index (Phi) is 4.04. The Labute approximate surface area is 93.5 Å². The van der Waals surface area contributed by atoms with Gasteiger partial charge in [-0.25, -0.2) is 4.98 Å². The molecule has 1 amide bonds. The molecule has 3 N–H and O–H groups in total. The van der Waals surface area contributed by atoms with Crippen LogP contribution in [0.4, 0.5) is 5.82 Å². The maximum absolute atomic E-state index is 11.8. The maximum atomic E-state index is 11.8. The molecule has 0 radical (unpaired) electrons. The molecule has 6 heteroatoms. The van der Waals surface area contributed by atoms with Crippen molar-refractivity contribution in [3.8, 4) is 0 Å². The van der Waals surface area contributed by atoms with Crippen LogP contribution in [0.25, 0.3) is 0 Å². The molecular formula is C10H16N4O2. The molecule has 0 unspecified atom stereocenters. The summed E-state index contributed by atoms with van der Waals surface area (Å²) in [5, 5.41) is 2.79. The average Bonchev–Trinajstić information content (AvgIpc) is 2.19. The number of hydrogen-bond donors (Lipinski definition) is 2. The van der Waals surface area contributed by atoms with E-state index >= 15 is 0 Å². The lowest BCUT2D eigenvalue weighted by Gasteiger charge is -2.11. The largest absolute Gasteiger partial charge is 0.370 e. The van der Waals surface area contributed by atoms with Gasteiger partial charge in [0.25, 0.3) is 5.56 Å². The fourth-order valence-electron chi connectivity index (χ4n) is 1.26. The lowest BCUT2D eigenvalue weighted by Crippen LogP contribution is -2.26. The molecule has 0 aliphatic carbocycles. The molecule has 0 aliphatic heterocycles. The number of primary amides is 1. The van der Waals surface area contributed by atoms with Crippen molar-refractivity contribution in [3.05, 3.63) is 22.7 Å². The van der Waals surface area contributed by atoms with E-state index in [1.165, 1.54) is 0 Å². The number of carbonyl (C=O) groups excluding carboxylic acids is 1. The zero-order chi connectivity index (χ0) is 12.1. The van der Waals surface area contributed by atoms with Crippen molar-refractivity contribution in [2.45, 2.75) is 26.3 Å². The predicted octanol–water partition coefficient (Wildman–Crippen LogP) is 0.111. The highest BCUT2D eigenvalue weighted by Crippen LogP contribution is 2.01. The monoisotopic (exact) mass is 224 g/mol. The van der Waals surface area contributed by atoms with Gasteiger partial charge < -0.3 is 15.6 Å². The van der Waals surface area contributed by atoms with Gasteiger partial charge in [-0.1, -0.05) is 0 Å². The van der Waals surface area contributed by atoms with Crippen LogP contribution in [0.1, 0.15) is 26.3 Å². The number of anilines is 1. The van der Waals surface area contributed by atoms with E-state index in [-0.39, 0.29) is 23.8 Å². The van der Waals surface area contributed by atoms with Crippen molar-refractivity contribution in [1.82, 2.24) is 9.55 Å². The summed E-state index contributed by atoms with van der Waals surface area (Å²) < 4.78 is 1.57. The molecule has 88 valence electrons. The Morgan fingerprint density at radius 3 is 2.88 bits per heavy atom. The topological polar surface area (TPSA) is 90.0 Å². The minimum atomic E-state index is -0.410. The molecular weight excluding hydrogens is 208 g/mol. The number of carbonyl (C=O) groups is 1. The molecule has 0 spiro atoms. The number of rotatable bonds is 5. The molecule has 0 saturated heterocycles. The van der Waals surface area contributed by atoms with Gasteiger partial charge in [-0.05, 0) is 13.8 Å². The number of nitrogens with one attached hydrogen (secondary N) is 1. The van der Waals surface area contributed by atoms with E-state index < -0.39 is 5.91 Å². The van der Waals surface area contributed by atoms with Crippen molar-refractivity contribution >= 4 is 11.7 Å². The van der Waals surface area contributed by atoms with E-state index in [1.807, 2.05) is 13.8 Å². The highest BCUT2D eigenvalue weighted by molar-refractivity contribution is 5.74. The second-order valence-electron chi connectivity index (χ2n) is 3.73. The van der Waals surface area contributed by atoms with Crippen LogP contribution in [0.15, 0.2) is 17.2 Å². The summed E-state index contributed by atoms with van der Waals surface area (Å²) in [4.78, 5) is 26.3. The van der Waals surface area contributed by atoms with E-state index in [0.717, 1.165) is 0 Å². The van der Waals surface area contributed by atoms with Crippen LogP contribution in [0.3, 0.4) is 0 Å².